The second-order valence-corrected chi connectivity index (χ2v) is 3.39. The van der Waals surface area contributed by atoms with Gasteiger partial charge in [0, 0.05) is 18.6 Å². The third-order valence-corrected chi connectivity index (χ3v) is 2.35. The van der Waals surface area contributed by atoms with Gasteiger partial charge in [-0.2, -0.15) is 0 Å². The predicted molar refractivity (Wildman–Crippen MR) is 58.4 cm³/mol. The summed E-state index contributed by atoms with van der Waals surface area (Å²) in [5.74, 6) is -0.0161. The lowest BCUT2D eigenvalue weighted by Gasteiger charge is -1.93. The normalized spacial score (nSPS) is 10.8. The maximum Gasteiger partial charge on any atom is 0.338 e. The van der Waals surface area contributed by atoms with Crippen LogP contribution >= 0.6 is 0 Å². The Morgan fingerprint density at radius 3 is 2.82 bits per heavy atom. The molecule has 3 N–H and O–H groups in total. The number of aromatic amines is 2. The molecule has 0 radical (unpaired) electrons. The zero-order valence-corrected chi connectivity index (χ0v) is 8.51. The number of fused-ring (bicyclic) bond motifs is 1. The van der Waals surface area contributed by atoms with Crippen molar-refractivity contribution < 1.29 is 9.90 Å². The molecule has 7 nitrogen and oxygen atoms in total. The van der Waals surface area contributed by atoms with Gasteiger partial charge in [-0.25, -0.2) is 19.7 Å². The van der Waals surface area contributed by atoms with Gasteiger partial charge in [-0.3, -0.25) is 0 Å². The number of hydrogen-bond acceptors (Lipinski definition) is 4. The van der Waals surface area contributed by atoms with E-state index in [0.717, 1.165) is 0 Å². The number of carboxylic acids is 1. The summed E-state index contributed by atoms with van der Waals surface area (Å²) >= 11 is 0. The molecule has 0 amide bonds. The van der Waals surface area contributed by atoms with Crippen LogP contribution in [0.1, 0.15) is 10.4 Å². The molecule has 7 heteroatoms. The second-order valence-electron chi connectivity index (χ2n) is 3.39. The standard InChI is InChI=1S/C10H7N5O2/c16-10(17)5-1-2-11-7-6(5)14-9(15-7)8-12-3-4-13-8/h1-4H,(H,12,13)(H,16,17)(H,11,14,15). The lowest BCUT2D eigenvalue weighted by molar-refractivity contribution is 0.0699. The number of nitrogens with one attached hydrogen (secondary N) is 2. The minimum atomic E-state index is -1.02. The van der Waals surface area contributed by atoms with Crippen molar-refractivity contribution in [2.45, 2.75) is 0 Å². The molecule has 0 saturated carbocycles. The van der Waals surface area contributed by atoms with Crippen molar-refractivity contribution in [3.05, 3.63) is 30.2 Å². The molecule has 0 bridgehead atoms. The Labute approximate surface area is 94.6 Å². The molecule has 0 aliphatic rings. The fraction of sp³-hybridized carbons (Fsp3) is 0. The summed E-state index contributed by atoms with van der Waals surface area (Å²) in [5, 5.41) is 9.02. The molecule has 0 aliphatic carbocycles. The van der Waals surface area contributed by atoms with Crippen LogP contribution in [-0.2, 0) is 0 Å². The molecule has 3 aromatic rings. The largest absolute Gasteiger partial charge is 0.478 e. The van der Waals surface area contributed by atoms with Gasteiger partial charge in [0.15, 0.2) is 17.3 Å². The first kappa shape index (κ1) is 9.52. The summed E-state index contributed by atoms with van der Waals surface area (Å²) in [4.78, 5) is 29.0. The number of pyridine rings is 1. The fourth-order valence-corrected chi connectivity index (χ4v) is 1.60. The van der Waals surface area contributed by atoms with Crippen LogP contribution in [0.2, 0.25) is 0 Å². The predicted octanol–water partition coefficient (Wildman–Crippen LogP) is 1.05. The van der Waals surface area contributed by atoms with E-state index in [9.17, 15) is 4.79 Å². The number of imidazole rings is 2. The van der Waals surface area contributed by atoms with Crippen molar-refractivity contribution in [1.82, 2.24) is 24.9 Å². The molecule has 17 heavy (non-hydrogen) atoms. The first-order valence-electron chi connectivity index (χ1n) is 4.83. The van der Waals surface area contributed by atoms with Gasteiger partial charge in [-0.1, -0.05) is 0 Å². The Morgan fingerprint density at radius 2 is 2.12 bits per heavy atom. The summed E-state index contributed by atoms with van der Waals surface area (Å²) in [6.07, 6.45) is 4.67. The van der Waals surface area contributed by atoms with E-state index in [4.69, 9.17) is 5.11 Å². The Kier molecular flexibility index (Phi) is 1.91. The van der Waals surface area contributed by atoms with Crippen LogP contribution in [-0.4, -0.2) is 36.0 Å². The molecule has 3 aromatic heterocycles. The number of carboxylic acid groups (broad SMARTS) is 1. The van der Waals surface area contributed by atoms with Crippen LogP contribution in [0.3, 0.4) is 0 Å². The number of nitrogens with zero attached hydrogens (tertiary/aromatic N) is 3. The van der Waals surface area contributed by atoms with Gasteiger partial charge in [0.05, 0.1) is 11.1 Å². The van der Waals surface area contributed by atoms with E-state index in [-0.39, 0.29) is 5.56 Å². The maximum atomic E-state index is 11.0. The quantitative estimate of drug-likeness (QED) is 0.608. The number of aromatic carboxylic acids is 1. The number of carbonyl (C=O) groups is 1. The van der Waals surface area contributed by atoms with Crippen LogP contribution < -0.4 is 0 Å². The van der Waals surface area contributed by atoms with Gasteiger partial charge in [0.2, 0.25) is 0 Å². The van der Waals surface area contributed by atoms with Crippen molar-refractivity contribution in [1.29, 1.82) is 0 Å². The number of hydrogen-bond donors (Lipinski definition) is 3. The average Bonchev–Trinajstić information content (AvgIpc) is 2.96. The summed E-state index contributed by atoms with van der Waals surface area (Å²) in [6, 6.07) is 1.43. The van der Waals surface area contributed by atoms with E-state index in [0.29, 0.717) is 22.8 Å². The van der Waals surface area contributed by atoms with Crippen molar-refractivity contribution in [2.24, 2.45) is 0 Å². The van der Waals surface area contributed by atoms with Gasteiger partial charge >= 0.3 is 5.97 Å². The van der Waals surface area contributed by atoms with E-state index in [1.807, 2.05) is 0 Å². The highest BCUT2D eigenvalue weighted by atomic mass is 16.4. The molecule has 3 rings (SSSR count). The minimum absolute atomic E-state index is 0.139. The number of H-pyrrole nitrogens is 2. The SMILES string of the molecule is O=C(O)c1ccnc2nc(-c3ncc[nH]3)[nH]c12. The van der Waals surface area contributed by atoms with E-state index in [1.54, 1.807) is 12.4 Å². The zero-order chi connectivity index (χ0) is 11.8. The smallest absolute Gasteiger partial charge is 0.338 e. The van der Waals surface area contributed by atoms with Gasteiger partial charge in [-0.05, 0) is 6.07 Å². The number of rotatable bonds is 2. The van der Waals surface area contributed by atoms with Crippen LogP contribution in [0.25, 0.3) is 22.8 Å². The lowest BCUT2D eigenvalue weighted by Crippen LogP contribution is -1.97. The van der Waals surface area contributed by atoms with Crippen LogP contribution in [0.5, 0.6) is 0 Å². The van der Waals surface area contributed by atoms with Crippen LogP contribution in [0, 0.1) is 0 Å². The Bertz CT molecular complexity index is 686. The summed E-state index contributed by atoms with van der Waals surface area (Å²) in [5.41, 5.74) is 0.892. The monoisotopic (exact) mass is 229 g/mol. The highest BCUT2D eigenvalue weighted by Gasteiger charge is 2.14. The molecule has 84 valence electrons. The third kappa shape index (κ3) is 1.44. The first-order valence-corrected chi connectivity index (χ1v) is 4.83. The number of aromatic nitrogens is 5. The minimum Gasteiger partial charge on any atom is -0.478 e. The van der Waals surface area contributed by atoms with E-state index < -0.39 is 5.97 Å². The van der Waals surface area contributed by atoms with E-state index in [2.05, 4.69) is 24.9 Å². The highest BCUT2D eigenvalue weighted by Crippen LogP contribution is 2.18. The zero-order valence-electron chi connectivity index (χ0n) is 8.51. The fourth-order valence-electron chi connectivity index (χ4n) is 1.60. The second kappa shape index (κ2) is 3.41. The summed E-state index contributed by atoms with van der Waals surface area (Å²) in [7, 11) is 0. The summed E-state index contributed by atoms with van der Waals surface area (Å²) in [6.45, 7) is 0. The molecule has 0 saturated heterocycles. The average molecular weight is 229 g/mol. The first-order chi connectivity index (χ1) is 8.25. The molecule has 0 aromatic carbocycles. The molecule has 3 heterocycles. The lowest BCUT2D eigenvalue weighted by atomic mass is 10.2. The van der Waals surface area contributed by atoms with Crippen LogP contribution in [0.4, 0.5) is 0 Å². The van der Waals surface area contributed by atoms with Crippen molar-refractivity contribution in [2.75, 3.05) is 0 Å². The Hall–Kier alpha value is -2.70. The van der Waals surface area contributed by atoms with Crippen LogP contribution in [0.15, 0.2) is 24.7 Å². The molecule has 0 spiro atoms. The Balaban J connectivity index is 2.26. The van der Waals surface area contributed by atoms with Gasteiger partial charge in [0.25, 0.3) is 0 Å². The molecule has 0 unspecified atom stereocenters. The third-order valence-electron chi connectivity index (χ3n) is 2.35. The molecule has 0 atom stereocenters. The van der Waals surface area contributed by atoms with Gasteiger partial charge in [0.1, 0.15) is 0 Å². The van der Waals surface area contributed by atoms with E-state index >= 15 is 0 Å². The summed E-state index contributed by atoms with van der Waals surface area (Å²) < 4.78 is 0. The maximum absolute atomic E-state index is 11.0. The molecule has 0 aliphatic heterocycles. The molecular weight excluding hydrogens is 222 g/mol. The molecule has 0 fully saturated rings. The van der Waals surface area contributed by atoms with Crippen molar-refractivity contribution in [3.8, 4) is 11.6 Å². The van der Waals surface area contributed by atoms with Crippen molar-refractivity contribution >= 4 is 17.1 Å². The molecular formula is C10H7N5O2. The van der Waals surface area contributed by atoms with Crippen molar-refractivity contribution in [3.63, 3.8) is 0 Å². The van der Waals surface area contributed by atoms with Gasteiger partial charge in [-0.15, -0.1) is 0 Å². The highest BCUT2D eigenvalue weighted by molar-refractivity contribution is 6.00. The van der Waals surface area contributed by atoms with Gasteiger partial charge < -0.3 is 15.1 Å². The topological polar surface area (TPSA) is 108 Å². The Morgan fingerprint density at radius 1 is 1.24 bits per heavy atom. The van der Waals surface area contributed by atoms with E-state index in [1.165, 1.54) is 12.3 Å².